The normalized spacial score (nSPS) is 13.0. The summed E-state index contributed by atoms with van der Waals surface area (Å²) in [4.78, 5) is 39.7. The van der Waals surface area contributed by atoms with E-state index in [2.05, 4.69) is 32.7 Å². The highest BCUT2D eigenvalue weighted by atomic mass is 16.2. The maximum atomic E-state index is 13.1. The summed E-state index contributed by atoms with van der Waals surface area (Å²) in [5.41, 5.74) is 4.48. The quantitative estimate of drug-likeness (QED) is 0.472. The predicted octanol–water partition coefficient (Wildman–Crippen LogP) is 2.37. The Bertz CT molecular complexity index is 1460. The molecule has 1 aromatic carbocycles. The number of hydrogen-bond acceptors (Lipinski definition) is 7. The van der Waals surface area contributed by atoms with Crippen LogP contribution in [0, 0.1) is 0 Å². The lowest BCUT2D eigenvalue weighted by molar-refractivity contribution is -0.116. The number of amides is 1. The van der Waals surface area contributed by atoms with Crippen molar-refractivity contribution in [2.75, 3.05) is 23.8 Å². The van der Waals surface area contributed by atoms with Crippen molar-refractivity contribution in [2.24, 2.45) is 0 Å². The lowest BCUT2D eigenvalue weighted by atomic mass is 10.0. The highest BCUT2D eigenvalue weighted by Crippen LogP contribution is 2.23. The first-order valence-electron chi connectivity index (χ1n) is 11.2. The summed E-state index contributed by atoms with van der Waals surface area (Å²) >= 11 is 0. The average Bonchev–Trinajstić information content (AvgIpc) is 3.14. The third-order valence-corrected chi connectivity index (χ3v) is 6.11. The number of hydrogen-bond donors (Lipinski definition) is 2. The molecule has 174 valence electrons. The van der Waals surface area contributed by atoms with E-state index in [1.54, 1.807) is 40.9 Å². The van der Waals surface area contributed by atoms with Gasteiger partial charge in [-0.1, -0.05) is 6.07 Å². The zero-order valence-electron chi connectivity index (χ0n) is 19.4. The van der Waals surface area contributed by atoms with Crippen molar-refractivity contribution < 1.29 is 4.79 Å². The first-order chi connectivity index (χ1) is 16.5. The van der Waals surface area contributed by atoms with Crippen LogP contribution in [0.15, 0.2) is 47.5 Å². The number of carbonyl (C=O) groups excluding carboxylic acids is 1. The molecule has 4 aromatic rings. The van der Waals surface area contributed by atoms with Crippen LogP contribution in [0.4, 0.5) is 17.5 Å². The standard InChI is InChI=1S/C24H26N8O2/c1-4-31-23(34)20-14-27-24(28-18-6-5-17-13-25-9-7-16(17)11-18)29-22(20)32(31)19-8-10-26-21(12-19)30(3)15(2)33/h5-6,8,10-12,14,25H,4,7,9,13H2,1-3H3,(H,27,28,29). The fourth-order valence-corrected chi connectivity index (χ4v) is 4.20. The van der Waals surface area contributed by atoms with Crippen LogP contribution < -0.4 is 21.1 Å². The van der Waals surface area contributed by atoms with Gasteiger partial charge in [0, 0.05) is 51.2 Å². The van der Waals surface area contributed by atoms with Crippen molar-refractivity contribution in [1.29, 1.82) is 0 Å². The lowest BCUT2D eigenvalue weighted by Crippen LogP contribution is -2.25. The van der Waals surface area contributed by atoms with Gasteiger partial charge >= 0.3 is 0 Å². The molecular formula is C24H26N8O2. The number of pyridine rings is 1. The summed E-state index contributed by atoms with van der Waals surface area (Å²) in [5.74, 6) is 0.751. The summed E-state index contributed by atoms with van der Waals surface area (Å²) in [6, 6.07) is 9.79. The van der Waals surface area contributed by atoms with Crippen LogP contribution in [0.2, 0.25) is 0 Å². The van der Waals surface area contributed by atoms with Gasteiger partial charge in [0.25, 0.3) is 5.56 Å². The molecule has 0 spiro atoms. The second-order valence-corrected chi connectivity index (χ2v) is 8.25. The molecule has 4 heterocycles. The Morgan fingerprint density at radius 3 is 2.85 bits per heavy atom. The molecule has 5 rings (SSSR count). The van der Waals surface area contributed by atoms with Crippen LogP contribution in [0.1, 0.15) is 25.0 Å². The van der Waals surface area contributed by atoms with Gasteiger partial charge in [-0.2, -0.15) is 4.98 Å². The minimum absolute atomic E-state index is 0.135. The molecule has 1 aliphatic heterocycles. The van der Waals surface area contributed by atoms with Crippen molar-refractivity contribution in [3.05, 3.63) is 64.2 Å². The van der Waals surface area contributed by atoms with Crippen molar-refractivity contribution in [1.82, 2.24) is 29.6 Å². The van der Waals surface area contributed by atoms with Crippen molar-refractivity contribution >= 4 is 34.4 Å². The van der Waals surface area contributed by atoms with Crippen molar-refractivity contribution in [2.45, 2.75) is 33.4 Å². The Hall–Kier alpha value is -4.05. The maximum absolute atomic E-state index is 13.1. The Labute approximate surface area is 196 Å². The molecule has 0 saturated heterocycles. The van der Waals surface area contributed by atoms with E-state index in [1.165, 1.54) is 23.0 Å². The van der Waals surface area contributed by atoms with E-state index in [0.717, 1.165) is 25.2 Å². The van der Waals surface area contributed by atoms with E-state index in [-0.39, 0.29) is 11.5 Å². The molecule has 10 heteroatoms. The number of benzene rings is 1. The van der Waals surface area contributed by atoms with Crippen molar-refractivity contribution in [3.63, 3.8) is 0 Å². The molecule has 0 saturated carbocycles. The topological polar surface area (TPSA) is 110 Å². The van der Waals surface area contributed by atoms with Gasteiger partial charge in [-0.15, -0.1) is 0 Å². The number of nitrogens with one attached hydrogen (secondary N) is 2. The summed E-state index contributed by atoms with van der Waals surface area (Å²) < 4.78 is 3.35. The summed E-state index contributed by atoms with van der Waals surface area (Å²) in [6.07, 6.45) is 4.15. The Morgan fingerprint density at radius 2 is 2.06 bits per heavy atom. The van der Waals surface area contributed by atoms with Crippen LogP contribution in [0.3, 0.4) is 0 Å². The molecular weight excluding hydrogens is 432 g/mol. The summed E-state index contributed by atoms with van der Waals surface area (Å²) in [6.45, 7) is 5.65. The first kappa shape index (κ1) is 21.8. The van der Waals surface area contributed by atoms with Crippen LogP contribution in [0.5, 0.6) is 0 Å². The minimum Gasteiger partial charge on any atom is -0.324 e. The van der Waals surface area contributed by atoms with Crippen LogP contribution in [0.25, 0.3) is 16.7 Å². The third-order valence-electron chi connectivity index (χ3n) is 6.11. The van der Waals surface area contributed by atoms with Gasteiger partial charge in [-0.3, -0.25) is 9.59 Å². The van der Waals surface area contributed by atoms with Gasteiger partial charge in [0.1, 0.15) is 11.2 Å². The average molecular weight is 459 g/mol. The predicted molar refractivity (Wildman–Crippen MR) is 131 cm³/mol. The number of aromatic nitrogens is 5. The molecule has 0 radical (unpaired) electrons. The van der Waals surface area contributed by atoms with E-state index in [9.17, 15) is 9.59 Å². The van der Waals surface area contributed by atoms with Gasteiger partial charge in [-0.05, 0) is 49.2 Å². The Morgan fingerprint density at radius 1 is 1.21 bits per heavy atom. The molecule has 0 fully saturated rings. The van der Waals surface area contributed by atoms with E-state index < -0.39 is 0 Å². The zero-order chi connectivity index (χ0) is 23.8. The van der Waals surface area contributed by atoms with E-state index in [4.69, 9.17) is 4.98 Å². The molecule has 0 bridgehead atoms. The van der Waals surface area contributed by atoms with Gasteiger partial charge in [0.15, 0.2) is 5.65 Å². The molecule has 1 aliphatic rings. The van der Waals surface area contributed by atoms with Gasteiger partial charge in [0.05, 0.1) is 5.69 Å². The monoisotopic (exact) mass is 458 g/mol. The van der Waals surface area contributed by atoms with E-state index in [0.29, 0.717) is 35.0 Å². The molecule has 10 nitrogen and oxygen atoms in total. The fourth-order valence-electron chi connectivity index (χ4n) is 4.20. The molecule has 3 aromatic heterocycles. The first-order valence-corrected chi connectivity index (χ1v) is 11.2. The number of rotatable bonds is 5. The maximum Gasteiger partial charge on any atom is 0.278 e. The largest absolute Gasteiger partial charge is 0.324 e. The Balaban J connectivity index is 1.59. The second-order valence-electron chi connectivity index (χ2n) is 8.25. The summed E-state index contributed by atoms with van der Waals surface area (Å²) in [7, 11) is 1.66. The number of anilines is 3. The molecule has 1 amide bonds. The highest BCUT2D eigenvalue weighted by Gasteiger charge is 2.18. The molecule has 0 atom stereocenters. The number of nitrogens with zero attached hydrogens (tertiary/aromatic N) is 6. The molecule has 34 heavy (non-hydrogen) atoms. The van der Waals surface area contributed by atoms with Crippen LogP contribution >= 0.6 is 0 Å². The van der Waals surface area contributed by atoms with E-state index >= 15 is 0 Å². The summed E-state index contributed by atoms with van der Waals surface area (Å²) in [5, 5.41) is 7.08. The molecule has 0 unspecified atom stereocenters. The molecule has 2 N–H and O–H groups in total. The fraction of sp³-hybridized carbons (Fsp3) is 0.292. The number of carbonyl (C=O) groups is 1. The van der Waals surface area contributed by atoms with Gasteiger partial charge in [0.2, 0.25) is 11.9 Å². The second kappa shape index (κ2) is 8.71. The van der Waals surface area contributed by atoms with Gasteiger partial charge in [-0.25, -0.2) is 19.3 Å². The third kappa shape index (κ3) is 3.81. The van der Waals surface area contributed by atoms with Crippen LogP contribution in [-0.4, -0.2) is 43.8 Å². The number of fused-ring (bicyclic) bond motifs is 2. The zero-order valence-corrected chi connectivity index (χ0v) is 19.4. The SMILES string of the molecule is CCn1c(=O)c2cnc(Nc3ccc4c(c3)CCNC4)nc2n1-c1ccnc(N(C)C(C)=O)c1. The Kier molecular flexibility index (Phi) is 5.58. The van der Waals surface area contributed by atoms with Crippen molar-refractivity contribution in [3.8, 4) is 5.69 Å². The molecule has 0 aliphatic carbocycles. The van der Waals surface area contributed by atoms with E-state index in [1.807, 2.05) is 13.0 Å². The van der Waals surface area contributed by atoms with Gasteiger partial charge < -0.3 is 15.5 Å². The highest BCUT2D eigenvalue weighted by molar-refractivity contribution is 5.90. The smallest absolute Gasteiger partial charge is 0.278 e. The lowest BCUT2D eigenvalue weighted by Gasteiger charge is -2.18. The van der Waals surface area contributed by atoms with Crippen LogP contribution in [-0.2, 0) is 24.3 Å². The minimum atomic E-state index is -0.177.